The van der Waals surface area contributed by atoms with E-state index in [1.165, 1.54) is 7.11 Å². The van der Waals surface area contributed by atoms with Gasteiger partial charge in [0.25, 0.3) is 0 Å². The molecule has 17 heavy (non-hydrogen) atoms. The number of carbonyl (C=O) groups excluding carboxylic acids is 1. The molecule has 0 spiro atoms. The Morgan fingerprint density at radius 2 is 2.00 bits per heavy atom. The quantitative estimate of drug-likeness (QED) is 0.560. The number of ether oxygens (including phenoxy) is 2. The van der Waals surface area contributed by atoms with Gasteiger partial charge in [-0.15, -0.1) is 6.58 Å². The number of hydrogen-bond donors (Lipinski definition) is 0. The first kappa shape index (κ1) is 13.5. The fourth-order valence-corrected chi connectivity index (χ4v) is 1.86. The molecule has 92 valence electrons. The van der Waals surface area contributed by atoms with E-state index in [0.29, 0.717) is 6.61 Å². The zero-order chi connectivity index (χ0) is 12.7. The van der Waals surface area contributed by atoms with Gasteiger partial charge in [-0.05, 0) is 5.56 Å². The van der Waals surface area contributed by atoms with Crippen LogP contribution >= 0.6 is 0 Å². The molecule has 2 atom stereocenters. The Hall–Kier alpha value is -1.61. The Kier molecular flexibility index (Phi) is 5.43. The summed E-state index contributed by atoms with van der Waals surface area (Å²) in [6.07, 6.45) is 1.76. The Labute approximate surface area is 102 Å². The highest BCUT2D eigenvalue weighted by Crippen LogP contribution is 2.27. The van der Waals surface area contributed by atoms with Crippen LogP contribution in [0.25, 0.3) is 0 Å². The van der Waals surface area contributed by atoms with E-state index < -0.39 is 0 Å². The van der Waals surface area contributed by atoms with Crippen molar-refractivity contribution in [2.75, 3.05) is 20.8 Å². The molecule has 0 aromatic heterocycles. The van der Waals surface area contributed by atoms with E-state index >= 15 is 0 Å². The van der Waals surface area contributed by atoms with Crippen molar-refractivity contribution in [1.82, 2.24) is 0 Å². The van der Waals surface area contributed by atoms with Crippen molar-refractivity contribution in [2.45, 2.75) is 5.92 Å². The van der Waals surface area contributed by atoms with Crippen LogP contribution in [0.1, 0.15) is 11.5 Å². The Balaban J connectivity index is 2.97. The highest BCUT2D eigenvalue weighted by atomic mass is 16.5. The molecule has 0 saturated heterocycles. The second-order valence-corrected chi connectivity index (χ2v) is 3.76. The maximum atomic E-state index is 11.7. The summed E-state index contributed by atoms with van der Waals surface area (Å²) in [6.45, 7) is 4.11. The first-order chi connectivity index (χ1) is 8.24. The third-order valence-corrected chi connectivity index (χ3v) is 2.72. The second-order valence-electron chi connectivity index (χ2n) is 3.76. The maximum Gasteiger partial charge on any atom is 0.311 e. The SMILES string of the molecule is C=CC(c1ccccc1)C(COC)C(=O)OC. The van der Waals surface area contributed by atoms with E-state index in [1.54, 1.807) is 13.2 Å². The zero-order valence-electron chi connectivity index (χ0n) is 10.3. The van der Waals surface area contributed by atoms with Gasteiger partial charge in [-0.3, -0.25) is 4.79 Å². The number of rotatable bonds is 6. The van der Waals surface area contributed by atoms with Crippen LogP contribution in [-0.4, -0.2) is 26.8 Å². The van der Waals surface area contributed by atoms with Gasteiger partial charge in [-0.25, -0.2) is 0 Å². The number of benzene rings is 1. The van der Waals surface area contributed by atoms with Gasteiger partial charge in [0.05, 0.1) is 19.6 Å². The number of hydrogen-bond acceptors (Lipinski definition) is 3. The first-order valence-corrected chi connectivity index (χ1v) is 5.48. The van der Waals surface area contributed by atoms with Gasteiger partial charge in [-0.1, -0.05) is 36.4 Å². The van der Waals surface area contributed by atoms with Crippen molar-refractivity contribution >= 4 is 5.97 Å². The molecule has 1 aromatic carbocycles. The predicted octanol–water partition coefficient (Wildman–Crippen LogP) is 2.39. The third kappa shape index (κ3) is 3.43. The van der Waals surface area contributed by atoms with Crippen molar-refractivity contribution < 1.29 is 14.3 Å². The molecule has 0 fully saturated rings. The summed E-state index contributed by atoms with van der Waals surface area (Å²) in [5.41, 5.74) is 1.04. The minimum atomic E-state index is -0.357. The number of esters is 1. The topological polar surface area (TPSA) is 35.5 Å². The molecule has 0 aliphatic carbocycles. The summed E-state index contributed by atoms with van der Waals surface area (Å²) in [5, 5.41) is 0. The van der Waals surface area contributed by atoms with E-state index in [1.807, 2.05) is 30.3 Å². The molecule has 1 aromatic rings. The van der Waals surface area contributed by atoms with Crippen LogP contribution in [0.4, 0.5) is 0 Å². The van der Waals surface area contributed by atoms with Gasteiger partial charge in [0.15, 0.2) is 0 Å². The van der Waals surface area contributed by atoms with Crippen molar-refractivity contribution in [2.24, 2.45) is 5.92 Å². The average molecular weight is 234 g/mol. The monoisotopic (exact) mass is 234 g/mol. The minimum Gasteiger partial charge on any atom is -0.469 e. The molecular weight excluding hydrogens is 216 g/mol. The Morgan fingerprint density at radius 1 is 1.35 bits per heavy atom. The van der Waals surface area contributed by atoms with Crippen molar-refractivity contribution in [3.05, 3.63) is 48.6 Å². The highest BCUT2D eigenvalue weighted by molar-refractivity contribution is 5.74. The maximum absolute atomic E-state index is 11.7. The molecule has 3 nitrogen and oxygen atoms in total. The molecule has 3 heteroatoms. The fourth-order valence-electron chi connectivity index (χ4n) is 1.86. The lowest BCUT2D eigenvalue weighted by Gasteiger charge is -2.22. The van der Waals surface area contributed by atoms with E-state index in [-0.39, 0.29) is 17.8 Å². The Morgan fingerprint density at radius 3 is 2.47 bits per heavy atom. The lowest BCUT2D eigenvalue weighted by Crippen LogP contribution is -2.26. The van der Waals surface area contributed by atoms with Crippen molar-refractivity contribution in [1.29, 1.82) is 0 Å². The van der Waals surface area contributed by atoms with E-state index in [4.69, 9.17) is 9.47 Å². The molecule has 0 saturated carbocycles. The summed E-state index contributed by atoms with van der Waals surface area (Å²) in [6, 6.07) is 9.75. The van der Waals surface area contributed by atoms with E-state index in [0.717, 1.165) is 5.56 Å². The minimum absolute atomic E-state index is 0.0939. The zero-order valence-corrected chi connectivity index (χ0v) is 10.3. The largest absolute Gasteiger partial charge is 0.469 e. The molecule has 0 N–H and O–H groups in total. The van der Waals surface area contributed by atoms with Crippen molar-refractivity contribution in [3.8, 4) is 0 Å². The van der Waals surface area contributed by atoms with Crippen LogP contribution in [0.15, 0.2) is 43.0 Å². The lowest BCUT2D eigenvalue weighted by molar-refractivity contribution is -0.147. The summed E-state index contributed by atoms with van der Waals surface area (Å²) in [4.78, 5) is 11.7. The molecular formula is C14H18O3. The molecule has 1 rings (SSSR count). The van der Waals surface area contributed by atoms with Gasteiger partial charge in [0, 0.05) is 13.0 Å². The molecule has 0 heterocycles. The molecule has 0 aliphatic rings. The Bertz CT molecular complexity index is 359. The van der Waals surface area contributed by atoms with E-state index in [2.05, 4.69) is 6.58 Å². The predicted molar refractivity (Wildman–Crippen MR) is 66.8 cm³/mol. The van der Waals surface area contributed by atoms with Crippen LogP contribution in [-0.2, 0) is 14.3 Å². The van der Waals surface area contributed by atoms with Crippen LogP contribution in [0.5, 0.6) is 0 Å². The van der Waals surface area contributed by atoms with Crippen LogP contribution < -0.4 is 0 Å². The van der Waals surface area contributed by atoms with Gasteiger partial charge in [-0.2, -0.15) is 0 Å². The highest BCUT2D eigenvalue weighted by Gasteiger charge is 2.28. The van der Waals surface area contributed by atoms with Gasteiger partial charge >= 0.3 is 5.97 Å². The van der Waals surface area contributed by atoms with Crippen molar-refractivity contribution in [3.63, 3.8) is 0 Å². The fraction of sp³-hybridized carbons (Fsp3) is 0.357. The summed E-state index contributed by atoms with van der Waals surface area (Å²) in [7, 11) is 2.96. The number of methoxy groups -OCH3 is 2. The number of allylic oxidation sites excluding steroid dienone is 1. The van der Waals surface area contributed by atoms with Gasteiger partial charge in [0.2, 0.25) is 0 Å². The summed E-state index contributed by atoms with van der Waals surface area (Å²) >= 11 is 0. The summed E-state index contributed by atoms with van der Waals surface area (Å²) < 4.78 is 9.89. The molecule has 2 unspecified atom stereocenters. The number of carbonyl (C=O) groups is 1. The van der Waals surface area contributed by atoms with Crippen LogP contribution in [0.2, 0.25) is 0 Å². The molecule has 0 amide bonds. The standard InChI is InChI=1S/C14H18O3/c1-4-12(11-8-6-5-7-9-11)13(10-16-2)14(15)17-3/h4-9,12-13H,1,10H2,2-3H3. The average Bonchev–Trinajstić information content (AvgIpc) is 2.39. The van der Waals surface area contributed by atoms with Gasteiger partial charge in [0.1, 0.15) is 0 Å². The third-order valence-electron chi connectivity index (χ3n) is 2.72. The lowest BCUT2D eigenvalue weighted by atomic mass is 9.86. The summed E-state index contributed by atoms with van der Waals surface area (Å²) in [5.74, 6) is -0.728. The molecule has 0 bridgehead atoms. The molecule has 0 radical (unpaired) electrons. The van der Waals surface area contributed by atoms with Gasteiger partial charge < -0.3 is 9.47 Å². The van der Waals surface area contributed by atoms with Crippen LogP contribution in [0.3, 0.4) is 0 Å². The molecule has 0 aliphatic heterocycles. The second kappa shape index (κ2) is 6.86. The smallest absolute Gasteiger partial charge is 0.311 e. The van der Waals surface area contributed by atoms with Crippen LogP contribution in [0, 0.1) is 5.92 Å². The normalized spacial score (nSPS) is 13.8. The first-order valence-electron chi connectivity index (χ1n) is 5.48. The van der Waals surface area contributed by atoms with E-state index in [9.17, 15) is 4.79 Å².